The van der Waals surface area contributed by atoms with Crippen LogP contribution in [0.1, 0.15) is 52.0 Å². The van der Waals surface area contributed by atoms with Crippen LogP contribution in [-0.4, -0.2) is 10.6 Å². The maximum atomic E-state index is 3.75. The summed E-state index contributed by atoms with van der Waals surface area (Å²) in [6, 6.07) is 2.91. The summed E-state index contributed by atoms with van der Waals surface area (Å²) in [7, 11) is 0. The van der Waals surface area contributed by atoms with Gasteiger partial charge in [0, 0.05) is 31.5 Å². The zero-order valence-electron chi connectivity index (χ0n) is 11.5. The van der Waals surface area contributed by atoms with E-state index in [1.54, 1.807) is 0 Å². The highest BCUT2D eigenvalue weighted by molar-refractivity contribution is 5.10. The van der Waals surface area contributed by atoms with E-state index in [0.29, 0.717) is 11.5 Å². The molecule has 0 amide bonds. The van der Waals surface area contributed by atoms with Gasteiger partial charge in [0.2, 0.25) is 0 Å². The van der Waals surface area contributed by atoms with E-state index >= 15 is 0 Å². The van der Waals surface area contributed by atoms with Crippen molar-refractivity contribution in [3.63, 3.8) is 0 Å². The van der Waals surface area contributed by atoms with Crippen LogP contribution in [-0.2, 0) is 13.1 Å². The molecule has 1 aromatic rings. The number of rotatable bonds is 4. The lowest BCUT2D eigenvalue weighted by atomic mass is 9.73. The first kappa shape index (κ1) is 12.7. The largest absolute Gasteiger partial charge is 0.354 e. The molecule has 1 fully saturated rings. The number of hydrogen-bond acceptors (Lipinski definition) is 1. The monoisotopic (exact) mass is 234 g/mol. The van der Waals surface area contributed by atoms with Crippen molar-refractivity contribution in [2.24, 2.45) is 5.41 Å². The van der Waals surface area contributed by atoms with E-state index in [-0.39, 0.29) is 0 Å². The molecular weight excluding hydrogens is 208 g/mol. The summed E-state index contributed by atoms with van der Waals surface area (Å²) in [6.07, 6.45) is 9.91. The Kier molecular flexibility index (Phi) is 3.93. The predicted molar refractivity (Wildman–Crippen MR) is 73.0 cm³/mol. The minimum absolute atomic E-state index is 0.464. The first-order valence-electron chi connectivity index (χ1n) is 7.00. The van der Waals surface area contributed by atoms with E-state index in [4.69, 9.17) is 0 Å². The molecule has 1 aliphatic rings. The van der Waals surface area contributed by atoms with Gasteiger partial charge in [-0.05, 0) is 36.8 Å². The molecule has 96 valence electrons. The van der Waals surface area contributed by atoms with Gasteiger partial charge in [-0.15, -0.1) is 0 Å². The summed E-state index contributed by atoms with van der Waals surface area (Å²) in [5, 5.41) is 3.75. The normalized spacial score (nSPS) is 23.8. The van der Waals surface area contributed by atoms with Crippen LogP contribution in [0.3, 0.4) is 0 Å². The van der Waals surface area contributed by atoms with E-state index in [2.05, 4.69) is 49.1 Å². The molecule has 1 saturated carbocycles. The molecule has 2 rings (SSSR count). The van der Waals surface area contributed by atoms with Crippen LogP contribution in [0, 0.1) is 5.41 Å². The Balaban J connectivity index is 1.88. The molecule has 0 radical (unpaired) electrons. The summed E-state index contributed by atoms with van der Waals surface area (Å²) in [5.41, 5.74) is 1.87. The molecule has 1 heterocycles. The van der Waals surface area contributed by atoms with Crippen LogP contribution in [0.15, 0.2) is 18.5 Å². The molecule has 17 heavy (non-hydrogen) atoms. The van der Waals surface area contributed by atoms with Gasteiger partial charge in [0.05, 0.1) is 0 Å². The third kappa shape index (κ3) is 3.12. The molecule has 2 heteroatoms. The Labute approximate surface area is 105 Å². The molecule has 0 bridgehead atoms. The molecular formula is C15H26N2. The van der Waals surface area contributed by atoms with Crippen LogP contribution < -0.4 is 5.32 Å². The van der Waals surface area contributed by atoms with Crippen molar-refractivity contribution in [2.45, 2.75) is 65.6 Å². The first-order valence-corrected chi connectivity index (χ1v) is 7.00. The number of nitrogens with zero attached hydrogens (tertiary/aromatic N) is 1. The van der Waals surface area contributed by atoms with E-state index < -0.39 is 0 Å². The lowest BCUT2D eigenvalue weighted by Crippen LogP contribution is -2.43. The summed E-state index contributed by atoms with van der Waals surface area (Å²) in [5.74, 6) is 0. The Morgan fingerprint density at radius 2 is 2.24 bits per heavy atom. The van der Waals surface area contributed by atoms with Gasteiger partial charge in [-0.1, -0.05) is 26.7 Å². The molecule has 1 atom stereocenters. The highest BCUT2D eigenvalue weighted by Crippen LogP contribution is 2.35. The van der Waals surface area contributed by atoms with Gasteiger partial charge >= 0.3 is 0 Å². The summed E-state index contributed by atoms with van der Waals surface area (Å²) < 4.78 is 2.24. The minimum Gasteiger partial charge on any atom is -0.354 e. The van der Waals surface area contributed by atoms with Crippen molar-refractivity contribution in [2.75, 3.05) is 0 Å². The average molecular weight is 234 g/mol. The van der Waals surface area contributed by atoms with Crippen molar-refractivity contribution in [3.8, 4) is 0 Å². The van der Waals surface area contributed by atoms with Gasteiger partial charge in [0.25, 0.3) is 0 Å². The quantitative estimate of drug-likeness (QED) is 0.843. The van der Waals surface area contributed by atoms with E-state index in [9.17, 15) is 0 Å². The number of nitrogens with one attached hydrogen (secondary N) is 1. The fourth-order valence-corrected chi connectivity index (χ4v) is 2.91. The standard InChI is InChI=1S/C15H26N2/c1-4-17-10-8-13(12-17)11-16-14-7-5-6-9-15(14,2)3/h8,10,12,14,16H,4-7,9,11H2,1-3H3. The first-order chi connectivity index (χ1) is 8.12. The number of aromatic nitrogens is 1. The molecule has 2 nitrogen and oxygen atoms in total. The predicted octanol–water partition coefficient (Wildman–Crippen LogP) is 3.57. The van der Waals surface area contributed by atoms with Crippen LogP contribution in [0.4, 0.5) is 0 Å². The molecule has 1 aliphatic carbocycles. The third-order valence-corrected chi connectivity index (χ3v) is 4.24. The van der Waals surface area contributed by atoms with Gasteiger partial charge in [-0.3, -0.25) is 0 Å². The molecule has 1 aromatic heterocycles. The van der Waals surface area contributed by atoms with Crippen molar-refractivity contribution in [1.29, 1.82) is 0 Å². The van der Waals surface area contributed by atoms with E-state index in [1.165, 1.54) is 31.2 Å². The molecule has 1 N–H and O–H groups in total. The van der Waals surface area contributed by atoms with E-state index in [0.717, 1.165) is 13.1 Å². The van der Waals surface area contributed by atoms with Gasteiger partial charge in [0.15, 0.2) is 0 Å². The summed E-state index contributed by atoms with van der Waals surface area (Å²) in [6.45, 7) is 9.07. The second kappa shape index (κ2) is 5.26. The van der Waals surface area contributed by atoms with Gasteiger partial charge < -0.3 is 9.88 Å². The molecule has 0 spiro atoms. The topological polar surface area (TPSA) is 17.0 Å². The Morgan fingerprint density at radius 1 is 1.41 bits per heavy atom. The van der Waals surface area contributed by atoms with Crippen LogP contribution in [0.5, 0.6) is 0 Å². The van der Waals surface area contributed by atoms with Crippen molar-refractivity contribution in [3.05, 3.63) is 24.0 Å². The molecule has 0 aromatic carbocycles. The fourth-order valence-electron chi connectivity index (χ4n) is 2.91. The summed E-state index contributed by atoms with van der Waals surface area (Å²) >= 11 is 0. The van der Waals surface area contributed by atoms with E-state index in [1.807, 2.05) is 0 Å². The van der Waals surface area contributed by atoms with Crippen molar-refractivity contribution in [1.82, 2.24) is 9.88 Å². The average Bonchev–Trinajstić information content (AvgIpc) is 2.75. The lowest BCUT2D eigenvalue weighted by Gasteiger charge is -2.39. The molecule has 0 aliphatic heterocycles. The van der Waals surface area contributed by atoms with Crippen LogP contribution >= 0.6 is 0 Å². The second-order valence-electron chi connectivity index (χ2n) is 6.02. The van der Waals surface area contributed by atoms with Crippen molar-refractivity contribution < 1.29 is 0 Å². The zero-order chi connectivity index (χ0) is 12.3. The third-order valence-electron chi connectivity index (χ3n) is 4.24. The Bertz CT molecular complexity index is 352. The van der Waals surface area contributed by atoms with Crippen LogP contribution in [0.25, 0.3) is 0 Å². The molecule has 0 saturated heterocycles. The van der Waals surface area contributed by atoms with Gasteiger partial charge in [-0.25, -0.2) is 0 Å². The smallest absolute Gasteiger partial charge is 0.0223 e. The lowest BCUT2D eigenvalue weighted by molar-refractivity contribution is 0.167. The Morgan fingerprint density at radius 3 is 2.88 bits per heavy atom. The van der Waals surface area contributed by atoms with Crippen molar-refractivity contribution >= 4 is 0 Å². The van der Waals surface area contributed by atoms with Crippen LogP contribution in [0.2, 0.25) is 0 Å². The van der Waals surface area contributed by atoms with Gasteiger partial charge in [0.1, 0.15) is 0 Å². The fraction of sp³-hybridized carbons (Fsp3) is 0.733. The number of hydrogen-bond donors (Lipinski definition) is 1. The Hall–Kier alpha value is -0.760. The maximum absolute atomic E-state index is 3.75. The number of aryl methyl sites for hydroxylation is 1. The SMILES string of the molecule is CCn1ccc(CNC2CCCCC2(C)C)c1. The highest BCUT2D eigenvalue weighted by Gasteiger charge is 2.31. The maximum Gasteiger partial charge on any atom is 0.0223 e. The minimum atomic E-state index is 0.464. The molecule has 1 unspecified atom stereocenters. The second-order valence-corrected chi connectivity index (χ2v) is 6.02. The van der Waals surface area contributed by atoms with Gasteiger partial charge in [-0.2, -0.15) is 0 Å². The zero-order valence-corrected chi connectivity index (χ0v) is 11.5. The summed E-state index contributed by atoms with van der Waals surface area (Å²) in [4.78, 5) is 0. The highest BCUT2D eigenvalue weighted by atomic mass is 15.0.